The number of hydrogen-bond acceptors (Lipinski definition) is 4. The smallest absolute Gasteiger partial charge is 0.413 e. The minimum absolute atomic E-state index is 0.271. The number of carbonyl (C=O) groups is 1. The van der Waals surface area contributed by atoms with Gasteiger partial charge in [-0.3, -0.25) is 5.32 Å². The van der Waals surface area contributed by atoms with E-state index < -0.39 is 11.7 Å². The number of aromatic nitrogens is 1. The first-order valence-electron chi connectivity index (χ1n) is 4.91. The van der Waals surface area contributed by atoms with Crippen LogP contribution in [-0.2, 0) is 4.74 Å². The molecule has 1 amide bonds. The van der Waals surface area contributed by atoms with Crippen molar-refractivity contribution in [3.05, 3.63) is 11.1 Å². The molecule has 0 fully saturated rings. The lowest BCUT2D eigenvalue weighted by molar-refractivity contribution is 0.0636. The van der Waals surface area contributed by atoms with Gasteiger partial charge in [-0.25, -0.2) is 9.78 Å². The number of nitrogens with one attached hydrogen (secondary N) is 1. The summed E-state index contributed by atoms with van der Waals surface area (Å²) in [4.78, 5) is 16.2. The first-order chi connectivity index (χ1) is 7.90. The maximum absolute atomic E-state index is 11.4. The maximum atomic E-state index is 11.4. The van der Waals surface area contributed by atoms with Crippen LogP contribution in [0.25, 0.3) is 0 Å². The van der Waals surface area contributed by atoms with Gasteiger partial charge in [0.2, 0.25) is 0 Å². The molecular weight excluding hydrogens is 260 g/mol. The Hall–Kier alpha value is -1.25. The molecule has 4 nitrogen and oxygen atoms in total. The number of nitrogens with zero attached hydrogens (tertiary/aromatic N) is 1. The van der Waals surface area contributed by atoms with Crippen molar-refractivity contribution in [2.24, 2.45) is 0 Å². The van der Waals surface area contributed by atoms with Crippen molar-refractivity contribution in [3.8, 4) is 11.8 Å². The molecule has 0 aliphatic carbocycles. The third-order valence-corrected chi connectivity index (χ3v) is 2.35. The molecule has 6 heteroatoms. The number of anilines is 1. The van der Waals surface area contributed by atoms with Gasteiger partial charge in [0.25, 0.3) is 0 Å². The van der Waals surface area contributed by atoms with Crippen LogP contribution in [-0.4, -0.2) is 22.6 Å². The first-order valence-corrected chi connectivity index (χ1v) is 6.26. The van der Waals surface area contributed by atoms with E-state index in [9.17, 15) is 4.79 Å². The molecule has 0 aliphatic rings. The molecule has 92 valence electrons. The van der Waals surface area contributed by atoms with E-state index in [1.54, 1.807) is 27.0 Å². The van der Waals surface area contributed by atoms with E-state index in [1.165, 1.54) is 11.3 Å². The van der Waals surface area contributed by atoms with Crippen molar-refractivity contribution >= 4 is 34.2 Å². The van der Waals surface area contributed by atoms with Crippen LogP contribution in [0.15, 0.2) is 6.20 Å². The quantitative estimate of drug-likeness (QED) is 0.631. The van der Waals surface area contributed by atoms with Gasteiger partial charge in [-0.2, -0.15) is 0 Å². The van der Waals surface area contributed by atoms with E-state index in [0.29, 0.717) is 5.13 Å². The van der Waals surface area contributed by atoms with Crippen LogP contribution in [0.1, 0.15) is 25.6 Å². The van der Waals surface area contributed by atoms with Crippen LogP contribution in [0.5, 0.6) is 0 Å². The fourth-order valence-corrected chi connectivity index (χ4v) is 1.64. The van der Waals surface area contributed by atoms with Crippen LogP contribution in [0.3, 0.4) is 0 Å². The number of halogens is 1. The SMILES string of the molecule is CC(C)(C)OC(=O)Nc1ncc(C#CCCl)s1. The lowest BCUT2D eigenvalue weighted by atomic mass is 10.2. The van der Waals surface area contributed by atoms with Crippen LogP contribution in [0.4, 0.5) is 9.93 Å². The van der Waals surface area contributed by atoms with Gasteiger partial charge in [-0.15, -0.1) is 11.6 Å². The van der Waals surface area contributed by atoms with Crippen molar-refractivity contribution in [2.45, 2.75) is 26.4 Å². The Morgan fingerprint density at radius 1 is 1.65 bits per heavy atom. The van der Waals surface area contributed by atoms with Gasteiger partial charge in [0.1, 0.15) is 5.60 Å². The van der Waals surface area contributed by atoms with Crippen LogP contribution in [0, 0.1) is 11.8 Å². The minimum Gasteiger partial charge on any atom is -0.444 e. The van der Waals surface area contributed by atoms with Gasteiger partial charge >= 0.3 is 6.09 Å². The van der Waals surface area contributed by atoms with Gasteiger partial charge in [0.15, 0.2) is 5.13 Å². The number of amides is 1. The van der Waals surface area contributed by atoms with Crippen LogP contribution in [0.2, 0.25) is 0 Å². The van der Waals surface area contributed by atoms with Gasteiger partial charge in [-0.1, -0.05) is 23.2 Å². The highest BCUT2D eigenvalue weighted by molar-refractivity contribution is 7.16. The van der Waals surface area contributed by atoms with Crippen molar-refractivity contribution < 1.29 is 9.53 Å². The predicted molar refractivity (Wildman–Crippen MR) is 69.6 cm³/mol. The largest absolute Gasteiger partial charge is 0.444 e. The Morgan fingerprint density at radius 3 is 2.94 bits per heavy atom. The Bertz CT molecular complexity index is 454. The van der Waals surface area contributed by atoms with Crippen molar-refractivity contribution in [3.63, 3.8) is 0 Å². The van der Waals surface area contributed by atoms with Crippen molar-refractivity contribution in [2.75, 3.05) is 11.2 Å². The second-order valence-corrected chi connectivity index (χ2v) is 5.39. The summed E-state index contributed by atoms with van der Waals surface area (Å²) in [6, 6.07) is 0. The summed E-state index contributed by atoms with van der Waals surface area (Å²) in [6.07, 6.45) is 1.06. The van der Waals surface area contributed by atoms with E-state index in [-0.39, 0.29) is 5.88 Å². The number of alkyl halides is 1. The van der Waals surface area contributed by atoms with E-state index in [4.69, 9.17) is 16.3 Å². The normalized spacial score (nSPS) is 10.4. The zero-order valence-electron chi connectivity index (χ0n) is 9.83. The third-order valence-electron chi connectivity index (χ3n) is 1.39. The average Bonchev–Trinajstić information content (AvgIpc) is 2.59. The second kappa shape index (κ2) is 5.89. The zero-order valence-corrected chi connectivity index (χ0v) is 11.4. The molecule has 1 rings (SSSR count). The Morgan fingerprint density at radius 2 is 2.35 bits per heavy atom. The molecule has 0 unspecified atom stereocenters. The first kappa shape index (κ1) is 13.8. The highest BCUT2D eigenvalue weighted by Crippen LogP contribution is 2.18. The maximum Gasteiger partial charge on any atom is 0.413 e. The summed E-state index contributed by atoms with van der Waals surface area (Å²) in [5.41, 5.74) is -0.525. The number of carbonyl (C=O) groups excluding carboxylic acids is 1. The van der Waals surface area contributed by atoms with Crippen LogP contribution < -0.4 is 5.32 Å². The zero-order chi connectivity index (χ0) is 12.9. The molecule has 0 radical (unpaired) electrons. The minimum atomic E-state index is -0.525. The topological polar surface area (TPSA) is 51.2 Å². The number of thiazole rings is 1. The molecule has 1 aromatic heterocycles. The molecular formula is C11H13ClN2O2S. The molecule has 1 heterocycles. The summed E-state index contributed by atoms with van der Waals surface area (Å²) in [5.74, 6) is 5.80. The summed E-state index contributed by atoms with van der Waals surface area (Å²) in [5, 5.41) is 3.00. The summed E-state index contributed by atoms with van der Waals surface area (Å²) < 4.78 is 5.09. The van der Waals surface area contributed by atoms with Crippen molar-refractivity contribution in [1.29, 1.82) is 0 Å². The lowest BCUT2D eigenvalue weighted by Crippen LogP contribution is -2.27. The highest BCUT2D eigenvalue weighted by atomic mass is 35.5. The molecule has 0 aliphatic heterocycles. The highest BCUT2D eigenvalue weighted by Gasteiger charge is 2.16. The molecule has 1 N–H and O–H groups in total. The van der Waals surface area contributed by atoms with Crippen molar-refractivity contribution in [1.82, 2.24) is 4.98 Å². The number of hydrogen-bond donors (Lipinski definition) is 1. The van der Waals surface area contributed by atoms with E-state index in [1.807, 2.05) is 0 Å². The lowest BCUT2D eigenvalue weighted by Gasteiger charge is -2.18. The molecule has 0 aromatic carbocycles. The van der Waals surface area contributed by atoms with Gasteiger partial charge in [0, 0.05) is 0 Å². The monoisotopic (exact) mass is 272 g/mol. The predicted octanol–water partition coefficient (Wildman–Crippen LogP) is 3.08. The molecule has 0 atom stereocenters. The summed E-state index contributed by atoms with van der Waals surface area (Å²) in [7, 11) is 0. The number of ether oxygens (including phenoxy) is 1. The molecule has 0 saturated carbocycles. The van der Waals surface area contributed by atoms with E-state index >= 15 is 0 Å². The fraction of sp³-hybridized carbons (Fsp3) is 0.455. The molecule has 17 heavy (non-hydrogen) atoms. The van der Waals surface area contributed by atoms with Crippen LogP contribution >= 0.6 is 22.9 Å². The van der Waals surface area contributed by atoms with Gasteiger partial charge < -0.3 is 4.74 Å². The third kappa shape index (κ3) is 5.57. The molecule has 1 aromatic rings. The number of rotatable bonds is 1. The molecule has 0 bridgehead atoms. The Kier molecular flexibility index (Phi) is 4.79. The van der Waals surface area contributed by atoms with E-state index in [2.05, 4.69) is 22.1 Å². The molecule has 0 saturated heterocycles. The Labute approximate surface area is 109 Å². The summed E-state index contributed by atoms with van der Waals surface area (Å²) >= 11 is 6.71. The summed E-state index contributed by atoms with van der Waals surface area (Å²) in [6.45, 7) is 5.39. The molecule has 0 spiro atoms. The van der Waals surface area contributed by atoms with Gasteiger partial charge in [0.05, 0.1) is 17.0 Å². The standard InChI is InChI=1S/C11H13ClN2O2S/c1-11(2,3)16-10(15)14-9-13-7-8(17-9)5-4-6-12/h7H,6H2,1-3H3,(H,13,14,15). The Balaban J connectivity index is 2.58. The second-order valence-electron chi connectivity index (χ2n) is 4.09. The van der Waals surface area contributed by atoms with Gasteiger partial charge in [-0.05, 0) is 20.8 Å². The average molecular weight is 273 g/mol. The fourth-order valence-electron chi connectivity index (χ4n) is 0.901. The van der Waals surface area contributed by atoms with E-state index in [0.717, 1.165) is 4.88 Å².